The summed E-state index contributed by atoms with van der Waals surface area (Å²) in [7, 11) is 0. The molecule has 0 fully saturated rings. The minimum Gasteiger partial charge on any atom is -0.355 e. The fraction of sp³-hybridized carbons (Fsp3) is 0.214. The van der Waals surface area contributed by atoms with Gasteiger partial charge in [-0.15, -0.1) is 0 Å². The standard InChI is InChI=1S/C14H16ClN5O2/c1-10(21)16-6-7-17-14(22)19-12-4-3-11(15)9-13(12)20-8-2-5-18-20/h2-5,8-9H,6-7H2,1H3,(H,16,21)(H2,17,19,22). The van der Waals surface area contributed by atoms with E-state index in [0.717, 1.165) is 0 Å². The third kappa shape index (κ3) is 4.49. The van der Waals surface area contributed by atoms with Crippen LogP contribution in [0.5, 0.6) is 0 Å². The van der Waals surface area contributed by atoms with Gasteiger partial charge in [0.1, 0.15) is 0 Å². The molecule has 3 N–H and O–H groups in total. The Morgan fingerprint density at radius 1 is 1.27 bits per heavy atom. The number of urea groups is 1. The van der Waals surface area contributed by atoms with Gasteiger partial charge in [0.05, 0.1) is 11.4 Å². The van der Waals surface area contributed by atoms with E-state index in [2.05, 4.69) is 21.0 Å². The van der Waals surface area contributed by atoms with Crippen molar-refractivity contribution < 1.29 is 9.59 Å². The average molecular weight is 322 g/mol. The molecule has 7 nitrogen and oxygen atoms in total. The first kappa shape index (κ1) is 15.8. The average Bonchev–Trinajstić information content (AvgIpc) is 2.99. The van der Waals surface area contributed by atoms with Gasteiger partial charge < -0.3 is 16.0 Å². The molecule has 0 unspecified atom stereocenters. The maximum atomic E-state index is 11.9. The number of hydrogen-bond acceptors (Lipinski definition) is 3. The third-order valence-electron chi connectivity index (χ3n) is 2.74. The Morgan fingerprint density at radius 3 is 2.73 bits per heavy atom. The number of rotatable bonds is 5. The number of aromatic nitrogens is 2. The highest BCUT2D eigenvalue weighted by molar-refractivity contribution is 6.30. The molecule has 2 aromatic rings. The smallest absolute Gasteiger partial charge is 0.319 e. The molecule has 0 radical (unpaired) electrons. The molecule has 0 aliphatic rings. The van der Waals surface area contributed by atoms with Crippen LogP contribution < -0.4 is 16.0 Å². The zero-order chi connectivity index (χ0) is 15.9. The van der Waals surface area contributed by atoms with E-state index in [1.54, 1.807) is 41.3 Å². The molecule has 0 spiro atoms. The van der Waals surface area contributed by atoms with E-state index in [-0.39, 0.29) is 11.9 Å². The molecule has 2 rings (SSSR count). The lowest BCUT2D eigenvalue weighted by Gasteiger charge is -2.12. The van der Waals surface area contributed by atoms with Crippen molar-refractivity contribution in [2.75, 3.05) is 18.4 Å². The summed E-state index contributed by atoms with van der Waals surface area (Å²) >= 11 is 5.99. The molecular weight excluding hydrogens is 306 g/mol. The largest absolute Gasteiger partial charge is 0.355 e. The van der Waals surface area contributed by atoms with Gasteiger partial charge in [0, 0.05) is 37.4 Å². The van der Waals surface area contributed by atoms with Crippen molar-refractivity contribution in [2.45, 2.75) is 6.92 Å². The normalized spacial score (nSPS) is 10.1. The molecule has 8 heteroatoms. The van der Waals surface area contributed by atoms with E-state index in [4.69, 9.17) is 11.6 Å². The number of benzene rings is 1. The summed E-state index contributed by atoms with van der Waals surface area (Å²) in [6, 6.07) is 6.49. The fourth-order valence-electron chi connectivity index (χ4n) is 1.79. The molecule has 22 heavy (non-hydrogen) atoms. The molecule has 0 saturated heterocycles. The lowest BCUT2D eigenvalue weighted by molar-refractivity contribution is -0.118. The number of carbonyl (C=O) groups excluding carboxylic acids is 2. The Balaban J connectivity index is 2.00. The van der Waals surface area contributed by atoms with E-state index < -0.39 is 0 Å². The van der Waals surface area contributed by atoms with E-state index in [1.807, 2.05) is 0 Å². The second-order valence-corrected chi connectivity index (χ2v) is 4.91. The predicted octanol–water partition coefficient (Wildman–Crippen LogP) is 1.78. The van der Waals surface area contributed by atoms with Crippen molar-refractivity contribution in [3.8, 4) is 5.69 Å². The predicted molar refractivity (Wildman–Crippen MR) is 84.3 cm³/mol. The number of halogens is 1. The molecule has 1 heterocycles. The van der Waals surface area contributed by atoms with Crippen molar-refractivity contribution in [2.24, 2.45) is 0 Å². The first-order valence-electron chi connectivity index (χ1n) is 6.65. The van der Waals surface area contributed by atoms with E-state index in [0.29, 0.717) is 29.5 Å². The van der Waals surface area contributed by atoms with Crippen LogP contribution in [0.4, 0.5) is 10.5 Å². The highest BCUT2D eigenvalue weighted by Crippen LogP contribution is 2.23. The second-order valence-electron chi connectivity index (χ2n) is 4.48. The summed E-state index contributed by atoms with van der Waals surface area (Å²) in [4.78, 5) is 22.6. The topological polar surface area (TPSA) is 88.0 Å². The molecule has 0 saturated carbocycles. The van der Waals surface area contributed by atoms with Crippen LogP contribution in [0.15, 0.2) is 36.7 Å². The lowest BCUT2D eigenvalue weighted by atomic mass is 10.2. The van der Waals surface area contributed by atoms with Crippen LogP contribution in [0.25, 0.3) is 5.69 Å². The highest BCUT2D eigenvalue weighted by Gasteiger charge is 2.09. The van der Waals surface area contributed by atoms with Crippen LogP contribution in [-0.2, 0) is 4.79 Å². The number of amides is 3. The third-order valence-corrected chi connectivity index (χ3v) is 2.98. The van der Waals surface area contributed by atoms with Gasteiger partial charge in [-0.25, -0.2) is 9.48 Å². The number of nitrogens with one attached hydrogen (secondary N) is 3. The number of nitrogens with zero attached hydrogens (tertiary/aromatic N) is 2. The molecule has 3 amide bonds. The van der Waals surface area contributed by atoms with Gasteiger partial charge in [-0.05, 0) is 24.3 Å². The molecule has 1 aromatic carbocycles. The summed E-state index contributed by atoms with van der Waals surface area (Å²) in [5, 5.41) is 12.6. The fourth-order valence-corrected chi connectivity index (χ4v) is 1.96. The summed E-state index contributed by atoms with van der Waals surface area (Å²) < 4.78 is 1.61. The van der Waals surface area contributed by atoms with Crippen molar-refractivity contribution in [1.29, 1.82) is 0 Å². The van der Waals surface area contributed by atoms with E-state index in [9.17, 15) is 9.59 Å². The van der Waals surface area contributed by atoms with Gasteiger partial charge in [-0.1, -0.05) is 11.6 Å². The van der Waals surface area contributed by atoms with Gasteiger partial charge in [-0.3, -0.25) is 4.79 Å². The molecule has 116 valence electrons. The van der Waals surface area contributed by atoms with Gasteiger partial charge in [0.15, 0.2) is 0 Å². The number of hydrogen-bond donors (Lipinski definition) is 3. The quantitative estimate of drug-likeness (QED) is 0.733. The molecular formula is C14H16ClN5O2. The maximum Gasteiger partial charge on any atom is 0.319 e. The Hall–Kier alpha value is -2.54. The van der Waals surface area contributed by atoms with Crippen LogP contribution in [-0.4, -0.2) is 34.8 Å². The zero-order valence-electron chi connectivity index (χ0n) is 12.0. The van der Waals surface area contributed by atoms with Crippen LogP contribution >= 0.6 is 11.6 Å². The van der Waals surface area contributed by atoms with Gasteiger partial charge in [0.2, 0.25) is 5.91 Å². The molecule has 0 aliphatic heterocycles. The minimum absolute atomic E-state index is 0.138. The van der Waals surface area contributed by atoms with Crippen molar-refractivity contribution in [3.63, 3.8) is 0 Å². The zero-order valence-corrected chi connectivity index (χ0v) is 12.7. The van der Waals surface area contributed by atoms with E-state index >= 15 is 0 Å². The van der Waals surface area contributed by atoms with E-state index in [1.165, 1.54) is 6.92 Å². The van der Waals surface area contributed by atoms with Crippen LogP contribution in [0.3, 0.4) is 0 Å². The summed E-state index contributed by atoms with van der Waals surface area (Å²) in [6.45, 7) is 2.12. The summed E-state index contributed by atoms with van der Waals surface area (Å²) in [6.07, 6.45) is 3.39. The van der Waals surface area contributed by atoms with Gasteiger partial charge >= 0.3 is 6.03 Å². The van der Waals surface area contributed by atoms with Crippen LogP contribution in [0, 0.1) is 0 Å². The summed E-state index contributed by atoms with van der Waals surface area (Å²) in [5.74, 6) is -0.138. The highest BCUT2D eigenvalue weighted by atomic mass is 35.5. The Morgan fingerprint density at radius 2 is 2.05 bits per heavy atom. The van der Waals surface area contributed by atoms with Gasteiger partial charge in [0.25, 0.3) is 0 Å². The molecule has 0 bridgehead atoms. The number of anilines is 1. The Bertz CT molecular complexity index is 657. The van der Waals surface area contributed by atoms with Crippen LogP contribution in [0.2, 0.25) is 5.02 Å². The Labute approximate surface area is 132 Å². The monoisotopic (exact) mass is 321 g/mol. The SMILES string of the molecule is CC(=O)NCCNC(=O)Nc1ccc(Cl)cc1-n1cccn1. The van der Waals surface area contributed by atoms with Crippen molar-refractivity contribution in [1.82, 2.24) is 20.4 Å². The molecule has 1 aromatic heterocycles. The second kappa shape index (κ2) is 7.46. The first-order valence-corrected chi connectivity index (χ1v) is 7.03. The first-order chi connectivity index (χ1) is 10.6. The minimum atomic E-state index is -0.374. The molecule has 0 aliphatic carbocycles. The molecule has 0 atom stereocenters. The number of carbonyl (C=O) groups is 2. The van der Waals surface area contributed by atoms with Crippen LogP contribution in [0.1, 0.15) is 6.92 Å². The lowest BCUT2D eigenvalue weighted by Crippen LogP contribution is -2.36. The Kier molecular flexibility index (Phi) is 5.37. The van der Waals surface area contributed by atoms with Crippen molar-refractivity contribution >= 4 is 29.2 Å². The van der Waals surface area contributed by atoms with Gasteiger partial charge in [-0.2, -0.15) is 5.10 Å². The summed E-state index contributed by atoms with van der Waals surface area (Å²) in [5.41, 5.74) is 1.24. The maximum absolute atomic E-state index is 11.9. The van der Waals surface area contributed by atoms with Crippen molar-refractivity contribution in [3.05, 3.63) is 41.7 Å².